The Hall–Kier alpha value is -0.0262. The molecule has 0 saturated carbocycles. The Morgan fingerprint density at radius 3 is 1.69 bits per heavy atom. The molecule has 1 unspecified atom stereocenters. The highest BCUT2D eigenvalue weighted by atomic mass is 28.3. The van der Waals surface area contributed by atoms with E-state index in [2.05, 4.69) is 39.3 Å². The lowest BCUT2D eigenvalue weighted by Gasteiger charge is -2.44. The minimum absolute atomic E-state index is 0.728. The van der Waals surface area contributed by atoms with Crippen LogP contribution in [0.1, 0.15) is 6.42 Å². The van der Waals surface area contributed by atoms with Gasteiger partial charge in [-0.15, -0.1) is 0 Å². The van der Waals surface area contributed by atoms with Crippen LogP contribution in [0.5, 0.6) is 0 Å². The van der Waals surface area contributed by atoms with Crippen molar-refractivity contribution in [3.63, 3.8) is 0 Å². The van der Waals surface area contributed by atoms with E-state index < -0.39 is 16.1 Å². The van der Waals surface area contributed by atoms with Crippen LogP contribution in [0.2, 0.25) is 44.8 Å². The SMILES string of the molecule is C[Si](C)(C)C1=C(O)CC1[Si](C)(C)C. The van der Waals surface area contributed by atoms with Gasteiger partial charge >= 0.3 is 0 Å². The summed E-state index contributed by atoms with van der Waals surface area (Å²) in [5.41, 5.74) is 0.763. The minimum atomic E-state index is -1.25. The van der Waals surface area contributed by atoms with Crippen molar-refractivity contribution in [2.24, 2.45) is 0 Å². The fraction of sp³-hybridized carbons (Fsp3) is 0.800. The summed E-state index contributed by atoms with van der Waals surface area (Å²) < 4.78 is 0. The first kappa shape index (κ1) is 11.1. The molecule has 1 atom stereocenters. The quantitative estimate of drug-likeness (QED) is 0.694. The van der Waals surface area contributed by atoms with Crippen molar-refractivity contribution >= 4 is 16.1 Å². The van der Waals surface area contributed by atoms with Crippen molar-refractivity contribution in [3.8, 4) is 0 Å². The zero-order valence-corrected chi connectivity index (χ0v) is 11.7. The lowest BCUT2D eigenvalue weighted by molar-refractivity contribution is 0.355. The third-order valence-corrected chi connectivity index (χ3v) is 8.04. The molecule has 0 heterocycles. The number of hydrogen-bond donors (Lipinski definition) is 1. The molecule has 0 radical (unpaired) electrons. The minimum Gasteiger partial charge on any atom is -0.513 e. The standard InChI is InChI=1S/C10H22OSi2/c1-12(2,3)9-7-8(11)10(9)13(4,5)6/h9,11H,7H2,1-6H3. The zero-order valence-electron chi connectivity index (χ0n) is 9.73. The Bertz CT molecular complexity index is 243. The molecule has 13 heavy (non-hydrogen) atoms. The maximum Gasteiger partial charge on any atom is 0.0879 e. The molecule has 3 heteroatoms. The van der Waals surface area contributed by atoms with E-state index in [9.17, 15) is 5.11 Å². The van der Waals surface area contributed by atoms with Crippen LogP contribution < -0.4 is 0 Å². The van der Waals surface area contributed by atoms with E-state index >= 15 is 0 Å². The second-order valence-corrected chi connectivity index (χ2v) is 16.7. The van der Waals surface area contributed by atoms with Crippen LogP contribution in [0.3, 0.4) is 0 Å². The highest BCUT2D eigenvalue weighted by Gasteiger charge is 2.44. The Kier molecular flexibility index (Phi) is 2.54. The van der Waals surface area contributed by atoms with E-state index in [1.165, 1.54) is 5.20 Å². The Balaban J connectivity index is 2.92. The number of aliphatic hydroxyl groups is 1. The lowest BCUT2D eigenvalue weighted by atomic mass is 10.1. The van der Waals surface area contributed by atoms with Gasteiger partial charge in [0.2, 0.25) is 0 Å². The van der Waals surface area contributed by atoms with Crippen LogP contribution in [-0.4, -0.2) is 21.3 Å². The van der Waals surface area contributed by atoms with Crippen LogP contribution in [0, 0.1) is 0 Å². The third-order valence-electron chi connectivity index (χ3n) is 2.91. The van der Waals surface area contributed by atoms with Gasteiger partial charge in [0.05, 0.1) is 21.9 Å². The van der Waals surface area contributed by atoms with Crippen LogP contribution in [0.25, 0.3) is 0 Å². The van der Waals surface area contributed by atoms with Crippen molar-refractivity contribution in [3.05, 3.63) is 11.0 Å². The van der Waals surface area contributed by atoms with E-state index in [-0.39, 0.29) is 0 Å². The van der Waals surface area contributed by atoms with Crippen molar-refractivity contribution in [1.82, 2.24) is 0 Å². The zero-order chi connectivity index (χ0) is 10.4. The Morgan fingerprint density at radius 2 is 1.54 bits per heavy atom. The normalized spacial score (nSPS) is 24.6. The van der Waals surface area contributed by atoms with Gasteiger partial charge in [-0.05, 0) is 10.7 Å². The molecule has 0 fully saturated rings. The van der Waals surface area contributed by atoms with Crippen molar-refractivity contribution in [1.29, 1.82) is 0 Å². The fourth-order valence-electron chi connectivity index (χ4n) is 2.17. The van der Waals surface area contributed by atoms with Gasteiger partial charge in [-0.1, -0.05) is 39.3 Å². The monoisotopic (exact) mass is 214 g/mol. The highest BCUT2D eigenvalue weighted by Crippen LogP contribution is 2.49. The van der Waals surface area contributed by atoms with Crippen molar-refractivity contribution in [2.45, 2.75) is 51.2 Å². The molecule has 0 spiro atoms. The number of allylic oxidation sites excluding steroid dienone is 2. The summed E-state index contributed by atoms with van der Waals surface area (Å²) in [6.45, 7) is 14.2. The van der Waals surface area contributed by atoms with E-state index in [4.69, 9.17) is 0 Å². The molecule has 0 aromatic heterocycles. The van der Waals surface area contributed by atoms with Gasteiger partial charge in [-0.25, -0.2) is 0 Å². The molecular weight excluding hydrogens is 192 g/mol. The summed E-state index contributed by atoms with van der Waals surface area (Å²) >= 11 is 0. The molecule has 0 saturated heterocycles. The van der Waals surface area contributed by atoms with E-state index in [0.717, 1.165) is 17.7 Å². The number of rotatable bonds is 2. The molecule has 1 nitrogen and oxygen atoms in total. The molecule has 1 aliphatic rings. The van der Waals surface area contributed by atoms with Gasteiger partial charge in [-0.2, -0.15) is 0 Å². The topological polar surface area (TPSA) is 20.2 Å². The molecule has 0 bridgehead atoms. The third kappa shape index (κ3) is 2.07. The van der Waals surface area contributed by atoms with Crippen LogP contribution in [0.4, 0.5) is 0 Å². The van der Waals surface area contributed by atoms with Gasteiger partial charge in [0.1, 0.15) is 0 Å². The summed E-state index contributed by atoms with van der Waals surface area (Å²) in [4.78, 5) is 0. The van der Waals surface area contributed by atoms with Crippen LogP contribution in [-0.2, 0) is 0 Å². The molecule has 0 aliphatic heterocycles. The average Bonchev–Trinajstić information content (AvgIpc) is 1.75. The molecule has 1 aliphatic carbocycles. The molecular formula is C10H22OSi2. The predicted molar refractivity (Wildman–Crippen MR) is 64.7 cm³/mol. The molecule has 0 aromatic rings. The van der Waals surface area contributed by atoms with Crippen molar-refractivity contribution < 1.29 is 5.11 Å². The predicted octanol–water partition coefficient (Wildman–Crippen LogP) is 3.79. The molecule has 0 aromatic carbocycles. The first-order valence-electron chi connectivity index (χ1n) is 5.06. The maximum absolute atomic E-state index is 9.71. The second-order valence-electron chi connectivity index (χ2n) is 6.23. The van der Waals surface area contributed by atoms with Crippen LogP contribution >= 0.6 is 0 Å². The number of hydrogen-bond acceptors (Lipinski definition) is 1. The first-order valence-corrected chi connectivity index (χ1v) is 12.1. The second kappa shape index (κ2) is 2.99. The van der Waals surface area contributed by atoms with Gasteiger partial charge in [0.15, 0.2) is 0 Å². The van der Waals surface area contributed by atoms with Crippen molar-refractivity contribution in [2.75, 3.05) is 0 Å². The lowest BCUT2D eigenvalue weighted by Crippen LogP contribution is -2.44. The first-order chi connectivity index (χ1) is 5.64. The van der Waals surface area contributed by atoms with E-state index in [0.29, 0.717) is 0 Å². The number of aliphatic hydroxyl groups excluding tert-OH is 1. The molecule has 1 N–H and O–H groups in total. The van der Waals surface area contributed by atoms with Gasteiger partial charge in [0, 0.05) is 6.42 Å². The molecule has 1 rings (SSSR count). The fourth-order valence-corrected chi connectivity index (χ4v) is 8.72. The largest absolute Gasteiger partial charge is 0.513 e. The van der Waals surface area contributed by atoms with E-state index in [1.807, 2.05) is 0 Å². The van der Waals surface area contributed by atoms with Crippen LogP contribution in [0.15, 0.2) is 11.0 Å². The highest BCUT2D eigenvalue weighted by molar-refractivity contribution is 6.88. The molecule has 0 amide bonds. The smallest absolute Gasteiger partial charge is 0.0879 e. The maximum atomic E-state index is 9.71. The summed E-state index contributed by atoms with van der Waals surface area (Å²) in [5, 5.41) is 11.2. The van der Waals surface area contributed by atoms with Gasteiger partial charge in [-0.3, -0.25) is 0 Å². The summed E-state index contributed by atoms with van der Waals surface area (Å²) in [6, 6.07) is 0. The van der Waals surface area contributed by atoms with E-state index in [1.54, 1.807) is 0 Å². The summed E-state index contributed by atoms with van der Waals surface area (Å²) in [6.07, 6.45) is 0.968. The molecule has 76 valence electrons. The Morgan fingerprint density at radius 1 is 1.08 bits per heavy atom. The Labute approximate surface area is 83.9 Å². The summed E-state index contributed by atoms with van der Waals surface area (Å²) in [5.74, 6) is 0.728. The summed E-state index contributed by atoms with van der Waals surface area (Å²) in [7, 11) is -2.32. The van der Waals surface area contributed by atoms with Gasteiger partial charge < -0.3 is 5.11 Å². The van der Waals surface area contributed by atoms with Gasteiger partial charge in [0.25, 0.3) is 0 Å². The average molecular weight is 214 g/mol.